The van der Waals surface area contributed by atoms with Crippen LogP contribution in [0, 0.1) is 0 Å². The Kier molecular flexibility index (Phi) is 3.12. The average Bonchev–Trinajstić information content (AvgIpc) is 2.29. The third kappa shape index (κ3) is 2.53. The maximum absolute atomic E-state index is 12.8. The Bertz CT molecular complexity index is 595. The van der Waals surface area contributed by atoms with Crippen molar-refractivity contribution in [2.45, 2.75) is 6.11 Å². The fraction of sp³-hybridized carbons (Fsp3) is 0.222. The van der Waals surface area contributed by atoms with E-state index in [9.17, 15) is 13.2 Å². The fourth-order valence-electron chi connectivity index (χ4n) is 1.22. The highest BCUT2D eigenvalue weighted by atomic mass is 35.5. The Balaban J connectivity index is 2.58. The van der Waals surface area contributed by atoms with E-state index in [-0.39, 0.29) is 22.1 Å². The van der Waals surface area contributed by atoms with Gasteiger partial charge < -0.3 is 10.5 Å². The van der Waals surface area contributed by atoms with Gasteiger partial charge in [0.05, 0.1) is 5.52 Å². The maximum atomic E-state index is 12.8. The minimum absolute atomic E-state index is 0.0317. The molecule has 0 saturated heterocycles. The maximum Gasteiger partial charge on any atom is 0.428 e. The number of nitrogens with two attached hydrogens (primary N) is 1. The lowest BCUT2D eigenvalue weighted by Crippen LogP contribution is -2.27. The normalized spacial score (nSPS) is 11.8. The molecule has 0 unspecified atom stereocenters. The number of anilines is 1. The van der Waals surface area contributed by atoms with Crippen molar-refractivity contribution >= 4 is 28.6 Å². The van der Waals surface area contributed by atoms with Gasteiger partial charge in [-0.2, -0.15) is 13.8 Å². The van der Waals surface area contributed by atoms with Crippen molar-refractivity contribution in [1.82, 2.24) is 15.0 Å². The Hall–Kier alpha value is -1.83. The van der Waals surface area contributed by atoms with Gasteiger partial charge in [0.25, 0.3) is 5.88 Å². The van der Waals surface area contributed by atoms with Crippen LogP contribution in [0.25, 0.3) is 11.0 Å². The minimum atomic E-state index is -4.02. The number of hydrogen-bond acceptors (Lipinski definition) is 5. The molecule has 9 heteroatoms. The molecule has 0 radical (unpaired) electrons. The third-order valence-electron chi connectivity index (χ3n) is 1.90. The second-order valence-corrected chi connectivity index (χ2v) is 3.65. The van der Waals surface area contributed by atoms with Crippen LogP contribution in [0.1, 0.15) is 0 Å². The summed E-state index contributed by atoms with van der Waals surface area (Å²) in [4.78, 5) is 11.0. The third-order valence-corrected chi connectivity index (χ3v) is 2.11. The van der Waals surface area contributed by atoms with Crippen LogP contribution < -0.4 is 10.5 Å². The van der Waals surface area contributed by atoms with Gasteiger partial charge in [-0.1, -0.05) is 11.6 Å². The van der Waals surface area contributed by atoms with E-state index in [1.165, 1.54) is 12.1 Å². The number of nitrogen functional groups attached to an aromatic ring is 1. The van der Waals surface area contributed by atoms with Gasteiger partial charge in [0, 0.05) is 0 Å². The fourth-order valence-corrected chi connectivity index (χ4v) is 1.37. The molecule has 0 aromatic carbocycles. The van der Waals surface area contributed by atoms with Gasteiger partial charge in [-0.05, 0) is 12.1 Å². The standard InChI is InChI=1S/C9H6ClF3N4O/c10-5-2-1-4-6(16-5)7(17-8(14)15-4)18-9(12,13)3-11/h1-2H,3H2,(H2,14,15,17). The summed E-state index contributed by atoms with van der Waals surface area (Å²) in [6.07, 6.45) is -4.02. The van der Waals surface area contributed by atoms with Gasteiger partial charge in [-0.3, -0.25) is 0 Å². The summed E-state index contributed by atoms with van der Waals surface area (Å²) in [5.41, 5.74) is 5.36. The van der Waals surface area contributed by atoms with Gasteiger partial charge in [-0.25, -0.2) is 14.4 Å². The number of nitrogens with zero attached hydrogens (tertiary/aromatic N) is 3. The van der Waals surface area contributed by atoms with E-state index in [0.29, 0.717) is 0 Å². The van der Waals surface area contributed by atoms with E-state index in [4.69, 9.17) is 17.3 Å². The second-order valence-electron chi connectivity index (χ2n) is 3.26. The molecule has 0 aliphatic heterocycles. The first kappa shape index (κ1) is 12.6. The molecule has 0 spiro atoms. The molecule has 2 aromatic rings. The lowest BCUT2D eigenvalue weighted by molar-refractivity contribution is -0.187. The van der Waals surface area contributed by atoms with Crippen molar-refractivity contribution in [3.63, 3.8) is 0 Å². The molecule has 2 heterocycles. The number of rotatable bonds is 3. The van der Waals surface area contributed by atoms with Crippen LogP contribution >= 0.6 is 11.6 Å². The summed E-state index contributed by atoms with van der Waals surface area (Å²) < 4.78 is 41.9. The Morgan fingerprint density at radius 3 is 2.67 bits per heavy atom. The zero-order valence-corrected chi connectivity index (χ0v) is 9.46. The predicted octanol–water partition coefficient (Wildman–Crippen LogP) is 2.20. The lowest BCUT2D eigenvalue weighted by Gasteiger charge is -2.14. The highest BCUT2D eigenvalue weighted by Gasteiger charge is 2.33. The van der Waals surface area contributed by atoms with E-state index < -0.39 is 18.7 Å². The zero-order valence-electron chi connectivity index (χ0n) is 8.70. The van der Waals surface area contributed by atoms with E-state index in [1.807, 2.05) is 0 Å². The molecule has 2 N–H and O–H groups in total. The van der Waals surface area contributed by atoms with Crippen molar-refractivity contribution in [2.24, 2.45) is 0 Å². The Morgan fingerprint density at radius 2 is 2.00 bits per heavy atom. The van der Waals surface area contributed by atoms with E-state index >= 15 is 0 Å². The van der Waals surface area contributed by atoms with Crippen molar-refractivity contribution in [2.75, 3.05) is 12.4 Å². The smallest absolute Gasteiger partial charge is 0.410 e. The van der Waals surface area contributed by atoms with Crippen molar-refractivity contribution < 1.29 is 17.9 Å². The van der Waals surface area contributed by atoms with Crippen LogP contribution in [-0.2, 0) is 0 Å². The Labute approximate surface area is 104 Å². The van der Waals surface area contributed by atoms with E-state index in [0.717, 1.165) is 0 Å². The topological polar surface area (TPSA) is 73.9 Å². The van der Waals surface area contributed by atoms with Gasteiger partial charge in [0.2, 0.25) is 5.95 Å². The van der Waals surface area contributed by atoms with Gasteiger partial charge in [0.15, 0.2) is 12.2 Å². The lowest BCUT2D eigenvalue weighted by atomic mass is 10.3. The number of fused-ring (bicyclic) bond motifs is 1. The molecular weight excluding hydrogens is 273 g/mol. The largest absolute Gasteiger partial charge is 0.428 e. The average molecular weight is 279 g/mol. The monoisotopic (exact) mass is 278 g/mol. The molecule has 0 bridgehead atoms. The molecule has 0 saturated carbocycles. The first-order valence-electron chi connectivity index (χ1n) is 4.64. The number of hydrogen-bond donors (Lipinski definition) is 1. The summed E-state index contributed by atoms with van der Waals surface area (Å²) in [6.45, 7) is -2.00. The molecule has 0 amide bonds. The summed E-state index contributed by atoms with van der Waals surface area (Å²) in [6, 6.07) is 2.80. The second kappa shape index (κ2) is 4.45. The number of pyridine rings is 1. The molecule has 2 aromatic heterocycles. The molecule has 0 aliphatic rings. The molecule has 18 heavy (non-hydrogen) atoms. The van der Waals surface area contributed by atoms with Crippen molar-refractivity contribution in [3.05, 3.63) is 17.3 Å². The highest BCUT2D eigenvalue weighted by Crippen LogP contribution is 2.27. The first-order valence-corrected chi connectivity index (χ1v) is 5.01. The predicted molar refractivity (Wildman–Crippen MR) is 58.3 cm³/mol. The number of alkyl halides is 3. The zero-order chi connectivity index (χ0) is 13.3. The van der Waals surface area contributed by atoms with Crippen LogP contribution in [0.3, 0.4) is 0 Å². The van der Waals surface area contributed by atoms with E-state index in [2.05, 4.69) is 19.7 Å². The molecule has 0 atom stereocenters. The van der Waals surface area contributed by atoms with E-state index in [1.54, 1.807) is 0 Å². The highest BCUT2D eigenvalue weighted by molar-refractivity contribution is 6.29. The molecule has 96 valence electrons. The van der Waals surface area contributed by atoms with Crippen LogP contribution in [0.2, 0.25) is 5.15 Å². The van der Waals surface area contributed by atoms with Gasteiger partial charge in [-0.15, -0.1) is 0 Å². The van der Waals surface area contributed by atoms with Crippen LogP contribution in [0.4, 0.5) is 19.1 Å². The molecule has 0 aliphatic carbocycles. The molecule has 0 fully saturated rings. The van der Waals surface area contributed by atoms with Crippen LogP contribution in [-0.4, -0.2) is 27.7 Å². The molecular formula is C9H6ClF3N4O. The van der Waals surface area contributed by atoms with Crippen LogP contribution in [0.15, 0.2) is 12.1 Å². The Morgan fingerprint density at radius 1 is 1.28 bits per heavy atom. The minimum Gasteiger partial charge on any atom is -0.410 e. The van der Waals surface area contributed by atoms with Gasteiger partial charge in [0.1, 0.15) is 5.15 Å². The number of ether oxygens (including phenoxy) is 1. The summed E-state index contributed by atoms with van der Waals surface area (Å²) in [5, 5.41) is 0.0317. The SMILES string of the molecule is Nc1nc(OC(F)(F)CF)c2nc(Cl)ccc2n1. The number of halogens is 4. The summed E-state index contributed by atoms with van der Waals surface area (Å²) in [5.74, 6) is -0.918. The molecule has 5 nitrogen and oxygen atoms in total. The van der Waals surface area contributed by atoms with Crippen LogP contribution in [0.5, 0.6) is 5.88 Å². The van der Waals surface area contributed by atoms with Crippen molar-refractivity contribution in [1.29, 1.82) is 0 Å². The summed E-state index contributed by atoms with van der Waals surface area (Å²) >= 11 is 5.62. The van der Waals surface area contributed by atoms with Crippen molar-refractivity contribution in [3.8, 4) is 5.88 Å². The molecule has 2 rings (SSSR count). The quantitative estimate of drug-likeness (QED) is 0.871. The van der Waals surface area contributed by atoms with Gasteiger partial charge >= 0.3 is 6.11 Å². The first-order chi connectivity index (χ1) is 8.41. The number of aromatic nitrogens is 3. The summed E-state index contributed by atoms with van der Waals surface area (Å²) in [7, 11) is 0.